The normalized spacial score (nSPS) is 4.33. The Morgan fingerprint density at radius 2 is 1.17 bits per heavy atom. The Kier molecular flexibility index (Phi) is 26.2. The molecule has 0 N–H and O–H groups in total. The van der Waals surface area contributed by atoms with Crippen molar-refractivity contribution in [2.75, 3.05) is 0 Å². The molecule has 0 aromatic carbocycles. The van der Waals surface area contributed by atoms with Gasteiger partial charge < -0.3 is 0 Å². The maximum absolute atomic E-state index is 8.58. The summed E-state index contributed by atoms with van der Waals surface area (Å²) >= 11 is -4.08. The van der Waals surface area contributed by atoms with Gasteiger partial charge in [0.2, 0.25) is 0 Å². The first-order chi connectivity index (χ1) is 1.73. The molecule has 0 saturated heterocycles. The van der Waals surface area contributed by atoms with E-state index in [-0.39, 0.29) is 44.8 Å². The zero-order valence-electron chi connectivity index (χ0n) is 2.33. The van der Waals surface area contributed by atoms with Crippen molar-refractivity contribution in [2.24, 2.45) is 0 Å². The first-order valence-electron chi connectivity index (χ1n) is 0.612. The molecule has 0 radical (unpaired) electrons. The minimum atomic E-state index is -4.08. The van der Waals surface area contributed by atoms with Gasteiger partial charge in [0.15, 0.2) is 0 Å². The summed E-state index contributed by atoms with van der Waals surface area (Å²) in [5.41, 5.74) is 0. The van der Waals surface area contributed by atoms with Crippen LogP contribution in [0.25, 0.3) is 0 Å². The summed E-state index contributed by atoms with van der Waals surface area (Å²) in [4.78, 5) is 0. The molecule has 0 aliphatic rings. The second kappa shape index (κ2) is 10.0. The van der Waals surface area contributed by atoms with Crippen LogP contribution in [-0.4, -0.2) is 0 Å². The van der Waals surface area contributed by atoms with E-state index in [9.17, 15) is 0 Å². The van der Waals surface area contributed by atoms with Crippen molar-refractivity contribution in [3.05, 3.63) is 0 Å². The Bertz CT molecular complexity index is 31.8. The van der Waals surface area contributed by atoms with Gasteiger partial charge in [-0.1, -0.05) is 0 Å². The van der Waals surface area contributed by atoms with Crippen LogP contribution in [0.2, 0.25) is 0 Å². The van der Waals surface area contributed by atoms with Crippen molar-refractivity contribution in [2.45, 2.75) is 0 Å². The molecule has 6 heteroatoms. The molecule has 0 atom stereocenters. The molecular formula is Ag2O3Ti. The van der Waals surface area contributed by atoms with Gasteiger partial charge in [-0.15, -0.1) is 0 Å². The number of hydrogen-bond donors (Lipinski definition) is 0. The first-order valence-corrected chi connectivity index (χ1v) is 2.52. The van der Waals surface area contributed by atoms with Crippen LogP contribution in [0.4, 0.5) is 0 Å². The van der Waals surface area contributed by atoms with Gasteiger partial charge in [0.25, 0.3) is 0 Å². The summed E-state index contributed by atoms with van der Waals surface area (Å²) in [6.07, 6.45) is 0. The second-order valence-corrected chi connectivity index (χ2v) is 1.03. The van der Waals surface area contributed by atoms with E-state index < -0.39 is 18.6 Å². The molecule has 0 unspecified atom stereocenters. The van der Waals surface area contributed by atoms with E-state index in [1.807, 2.05) is 0 Å². The second-order valence-electron chi connectivity index (χ2n) is 0.250. The van der Waals surface area contributed by atoms with Crippen LogP contribution in [0.5, 0.6) is 0 Å². The van der Waals surface area contributed by atoms with Crippen molar-refractivity contribution in [1.29, 1.82) is 0 Å². The molecule has 0 aromatic heterocycles. The summed E-state index contributed by atoms with van der Waals surface area (Å²) in [5.74, 6) is 0. The van der Waals surface area contributed by atoms with E-state index in [4.69, 9.17) is 10.7 Å². The summed E-state index contributed by atoms with van der Waals surface area (Å²) in [6.45, 7) is 0. The molecule has 44 valence electrons. The summed E-state index contributed by atoms with van der Waals surface area (Å²) < 4.78 is 25.8. The molecule has 6 heavy (non-hydrogen) atoms. The summed E-state index contributed by atoms with van der Waals surface area (Å²) in [6, 6.07) is 0. The minimum absolute atomic E-state index is 0. The Morgan fingerprint density at radius 3 is 1.17 bits per heavy atom. The first kappa shape index (κ1) is 15.7. The van der Waals surface area contributed by atoms with E-state index in [2.05, 4.69) is 0 Å². The van der Waals surface area contributed by atoms with Crippen LogP contribution in [0.3, 0.4) is 0 Å². The van der Waals surface area contributed by atoms with Crippen molar-refractivity contribution in [3.8, 4) is 0 Å². The van der Waals surface area contributed by atoms with E-state index in [0.29, 0.717) is 0 Å². The van der Waals surface area contributed by atoms with Gasteiger partial charge in [0.05, 0.1) is 0 Å². The quantitative estimate of drug-likeness (QED) is 0.465. The van der Waals surface area contributed by atoms with Crippen molar-refractivity contribution in [3.63, 3.8) is 0 Å². The number of rotatable bonds is 0. The van der Waals surface area contributed by atoms with Crippen LogP contribution < -0.4 is 7.38 Å². The molecule has 0 aliphatic carbocycles. The molecule has 0 aromatic rings. The summed E-state index contributed by atoms with van der Waals surface area (Å²) in [5, 5.41) is 0. The average molecular weight is 312 g/mol. The van der Waals surface area contributed by atoms with Crippen LogP contribution in [0.15, 0.2) is 0 Å². The molecule has 0 amide bonds. The van der Waals surface area contributed by atoms with Crippen LogP contribution in [0, 0.1) is 0 Å². The van der Waals surface area contributed by atoms with E-state index in [0.717, 1.165) is 0 Å². The topological polar surface area (TPSA) is 63.2 Å². The van der Waals surface area contributed by atoms with Crippen LogP contribution in [-0.2, 0) is 66.7 Å². The third-order valence-corrected chi connectivity index (χ3v) is 0. The Balaban J connectivity index is -0.0000000450. The fourth-order valence-corrected chi connectivity index (χ4v) is 0. The van der Waals surface area contributed by atoms with Gasteiger partial charge in [0.1, 0.15) is 0 Å². The standard InChI is InChI=1S/2Ag.3O.Ti/q2*+1;;2*-1;. The Hall–Kier alpha value is 1.91. The number of hydrogen-bond acceptors (Lipinski definition) is 3. The maximum atomic E-state index is 8.58. The molecule has 0 aliphatic heterocycles. The predicted octanol–water partition coefficient (Wildman–Crippen LogP) is -2.50. The van der Waals surface area contributed by atoms with E-state index in [1.165, 1.54) is 0 Å². The molecule has 3 nitrogen and oxygen atoms in total. The predicted molar refractivity (Wildman–Crippen MR) is 0.686 cm³/mol. The molecule has 0 rings (SSSR count). The molecule has 0 spiro atoms. The zero-order valence-corrected chi connectivity index (χ0v) is 6.85. The Labute approximate surface area is 73.3 Å². The van der Waals surface area contributed by atoms with Gasteiger partial charge in [-0.05, 0) is 0 Å². The third-order valence-electron chi connectivity index (χ3n) is 0. The monoisotopic (exact) mass is 310 g/mol. The average Bonchev–Trinajstić information content (AvgIpc) is 0.811. The van der Waals surface area contributed by atoms with Crippen LogP contribution in [0.1, 0.15) is 0 Å². The fraction of sp³-hybridized carbons (Fsp3) is 0. The summed E-state index contributed by atoms with van der Waals surface area (Å²) in [7, 11) is 0. The molecular weight excluding hydrogens is 312 g/mol. The van der Waals surface area contributed by atoms with E-state index >= 15 is 0 Å². The van der Waals surface area contributed by atoms with Crippen molar-refractivity contribution >= 4 is 0 Å². The van der Waals surface area contributed by atoms with Crippen molar-refractivity contribution < 1.29 is 74.1 Å². The van der Waals surface area contributed by atoms with Gasteiger partial charge in [-0.25, -0.2) is 0 Å². The fourth-order valence-electron chi connectivity index (χ4n) is 0. The van der Waals surface area contributed by atoms with E-state index in [1.54, 1.807) is 0 Å². The molecule has 0 bridgehead atoms. The zero-order chi connectivity index (χ0) is 3.58. The van der Waals surface area contributed by atoms with Gasteiger partial charge in [-0.3, -0.25) is 0 Å². The third kappa shape index (κ3) is 39.0. The van der Waals surface area contributed by atoms with Crippen molar-refractivity contribution in [1.82, 2.24) is 0 Å². The van der Waals surface area contributed by atoms with Gasteiger partial charge in [0, 0.05) is 0 Å². The molecule has 0 saturated carbocycles. The molecule has 0 heterocycles. The molecule has 0 fully saturated rings. The van der Waals surface area contributed by atoms with Crippen LogP contribution >= 0.6 is 0 Å². The van der Waals surface area contributed by atoms with Gasteiger partial charge in [-0.2, -0.15) is 0 Å². The Morgan fingerprint density at radius 1 is 1.17 bits per heavy atom. The SMILES string of the molecule is [Ag+].[Ag+].[O]=[Ti]([O-])[O-]. The van der Waals surface area contributed by atoms with Gasteiger partial charge >= 0.3 is 74.1 Å².